The first-order valence-electron chi connectivity index (χ1n) is 6.55. The number of carbonyl (C=O) groups excluding carboxylic acids is 1. The summed E-state index contributed by atoms with van der Waals surface area (Å²) in [6.07, 6.45) is 1.04. The lowest BCUT2D eigenvalue weighted by molar-refractivity contribution is -0.147. The van der Waals surface area contributed by atoms with Crippen LogP contribution in [0, 0.1) is 11.7 Å². The molecule has 1 aromatic rings. The number of carbonyl (C=O) groups is 1. The molecule has 4 heteroatoms. The summed E-state index contributed by atoms with van der Waals surface area (Å²) in [5, 5.41) is 0. The second-order valence-electron chi connectivity index (χ2n) is 4.43. The molecule has 1 atom stereocenters. The molecule has 106 valence electrons. The lowest BCUT2D eigenvalue weighted by Crippen LogP contribution is -2.18. The van der Waals surface area contributed by atoms with Crippen LogP contribution in [-0.4, -0.2) is 19.7 Å². The molecule has 0 saturated carbocycles. The summed E-state index contributed by atoms with van der Waals surface area (Å²) in [6, 6.07) is 3.41. The molecule has 19 heavy (non-hydrogen) atoms. The fourth-order valence-corrected chi connectivity index (χ4v) is 2.07. The lowest BCUT2D eigenvalue weighted by atomic mass is 9.95. The molecule has 0 aliphatic rings. The molecule has 0 aliphatic carbocycles. The maximum Gasteiger partial charge on any atom is 0.308 e. The SMILES string of the molecule is CCOC(=O)C(C)Cc1ccc(OC)c(F)c1CC. The van der Waals surface area contributed by atoms with E-state index in [0.29, 0.717) is 25.0 Å². The second-order valence-corrected chi connectivity index (χ2v) is 4.43. The Bertz CT molecular complexity index is 443. The van der Waals surface area contributed by atoms with E-state index >= 15 is 0 Å². The highest BCUT2D eigenvalue weighted by Gasteiger charge is 2.19. The van der Waals surface area contributed by atoms with Crippen LogP contribution in [-0.2, 0) is 22.4 Å². The van der Waals surface area contributed by atoms with E-state index in [2.05, 4.69) is 0 Å². The Balaban J connectivity index is 2.95. The van der Waals surface area contributed by atoms with Crippen molar-refractivity contribution in [2.45, 2.75) is 33.6 Å². The second kappa shape index (κ2) is 7.12. The van der Waals surface area contributed by atoms with Gasteiger partial charge < -0.3 is 9.47 Å². The van der Waals surface area contributed by atoms with Crippen molar-refractivity contribution in [1.82, 2.24) is 0 Å². The van der Waals surface area contributed by atoms with Crippen molar-refractivity contribution in [3.8, 4) is 5.75 Å². The Kier molecular flexibility index (Phi) is 5.80. The molecule has 0 bridgehead atoms. The van der Waals surface area contributed by atoms with Gasteiger partial charge in [-0.1, -0.05) is 19.9 Å². The first-order valence-corrected chi connectivity index (χ1v) is 6.55. The maximum atomic E-state index is 14.1. The zero-order valence-corrected chi connectivity index (χ0v) is 12.0. The smallest absolute Gasteiger partial charge is 0.308 e. The number of rotatable bonds is 6. The van der Waals surface area contributed by atoms with Crippen molar-refractivity contribution in [1.29, 1.82) is 0 Å². The minimum atomic E-state index is -0.335. The minimum absolute atomic E-state index is 0.240. The van der Waals surface area contributed by atoms with Crippen LogP contribution >= 0.6 is 0 Å². The van der Waals surface area contributed by atoms with E-state index in [1.165, 1.54) is 7.11 Å². The molecule has 0 radical (unpaired) electrons. The molecule has 0 N–H and O–H groups in total. The van der Waals surface area contributed by atoms with E-state index in [9.17, 15) is 9.18 Å². The van der Waals surface area contributed by atoms with E-state index in [1.807, 2.05) is 13.0 Å². The summed E-state index contributed by atoms with van der Waals surface area (Å²) in [7, 11) is 1.44. The van der Waals surface area contributed by atoms with Crippen LogP contribution in [0.1, 0.15) is 31.9 Å². The van der Waals surface area contributed by atoms with Gasteiger partial charge in [0.15, 0.2) is 11.6 Å². The van der Waals surface area contributed by atoms with Crippen molar-refractivity contribution < 1.29 is 18.7 Å². The lowest BCUT2D eigenvalue weighted by Gasteiger charge is -2.15. The number of hydrogen-bond donors (Lipinski definition) is 0. The van der Waals surface area contributed by atoms with E-state index in [4.69, 9.17) is 9.47 Å². The molecule has 0 heterocycles. The fraction of sp³-hybridized carbons (Fsp3) is 0.533. The average Bonchev–Trinajstić information content (AvgIpc) is 2.39. The molecule has 1 unspecified atom stereocenters. The number of ether oxygens (including phenoxy) is 2. The summed E-state index contributed by atoms with van der Waals surface area (Å²) in [5.74, 6) is -0.623. The minimum Gasteiger partial charge on any atom is -0.494 e. The monoisotopic (exact) mass is 268 g/mol. The van der Waals surface area contributed by atoms with E-state index in [1.54, 1.807) is 19.9 Å². The highest BCUT2D eigenvalue weighted by atomic mass is 19.1. The molecule has 0 fully saturated rings. The Morgan fingerprint density at radius 3 is 2.58 bits per heavy atom. The Morgan fingerprint density at radius 1 is 1.37 bits per heavy atom. The number of esters is 1. The summed E-state index contributed by atoms with van der Waals surface area (Å²) < 4.78 is 24.0. The van der Waals surface area contributed by atoms with Crippen LogP contribution in [0.3, 0.4) is 0 Å². The van der Waals surface area contributed by atoms with Gasteiger partial charge in [0.25, 0.3) is 0 Å². The first-order chi connectivity index (χ1) is 9.04. The topological polar surface area (TPSA) is 35.5 Å². The highest BCUT2D eigenvalue weighted by molar-refractivity contribution is 5.72. The molecule has 0 amide bonds. The van der Waals surface area contributed by atoms with Gasteiger partial charge >= 0.3 is 5.97 Å². The molecular weight excluding hydrogens is 247 g/mol. The molecule has 0 spiro atoms. The zero-order valence-electron chi connectivity index (χ0n) is 12.0. The van der Waals surface area contributed by atoms with Crippen LogP contribution in [0.2, 0.25) is 0 Å². The summed E-state index contributed by atoms with van der Waals surface area (Å²) in [4.78, 5) is 11.6. The van der Waals surface area contributed by atoms with Crippen molar-refractivity contribution in [2.24, 2.45) is 5.92 Å². The molecular formula is C15H21FO3. The number of benzene rings is 1. The quantitative estimate of drug-likeness (QED) is 0.743. The van der Waals surface area contributed by atoms with Crippen LogP contribution in [0.4, 0.5) is 4.39 Å². The maximum absolute atomic E-state index is 14.1. The summed E-state index contributed by atoms with van der Waals surface area (Å²) in [6.45, 7) is 5.81. The van der Waals surface area contributed by atoms with Crippen molar-refractivity contribution in [2.75, 3.05) is 13.7 Å². The molecule has 0 aliphatic heterocycles. The highest BCUT2D eigenvalue weighted by Crippen LogP contribution is 2.26. The predicted molar refractivity (Wildman–Crippen MR) is 71.8 cm³/mol. The van der Waals surface area contributed by atoms with Gasteiger partial charge in [-0.25, -0.2) is 4.39 Å². The van der Waals surface area contributed by atoms with Gasteiger partial charge in [-0.2, -0.15) is 0 Å². The Labute approximate surface area is 113 Å². The average molecular weight is 268 g/mol. The van der Waals surface area contributed by atoms with Gasteiger partial charge in [0.1, 0.15) is 0 Å². The number of methoxy groups -OCH3 is 1. The van der Waals surface area contributed by atoms with Crippen molar-refractivity contribution in [3.05, 3.63) is 29.1 Å². The van der Waals surface area contributed by atoms with Crippen molar-refractivity contribution in [3.63, 3.8) is 0 Å². The molecule has 0 aromatic heterocycles. The van der Waals surface area contributed by atoms with Crippen LogP contribution in [0.5, 0.6) is 5.75 Å². The number of hydrogen-bond acceptors (Lipinski definition) is 3. The normalized spacial score (nSPS) is 12.1. The Morgan fingerprint density at radius 2 is 2.05 bits per heavy atom. The van der Waals surface area contributed by atoms with E-state index in [-0.39, 0.29) is 23.5 Å². The van der Waals surface area contributed by atoms with Gasteiger partial charge in [-0.05, 0) is 37.0 Å². The first kappa shape index (κ1) is 15.5. The molecule has 0 saturated heterocycles. The van der Waals surface area contributed by atoms with Crippen LogP contribution < -0.4 is 4.74 Å². The fourth-order valence-electron chi connectivity index (χ4n) is 2.07. The van der Waals surface area contributed by atoms with E-state index < -0.39 is 0 Å². The van der Waals surface area contributed by atoms with Gasteiger partial charge in [0.05, 0.1) is 19.6 Å². The molecule has 1 rings (SSSR count). The van der Waals surface area contributed by atoms with Crippen LogP contribution in [0.25, 0.3) is 0 Å². The molecule has 3 nitrogen and oxygen atoms in total. The van der Waals surface area contributed by atoms with E-state index in [0.717, 1.165) is 5.56 Å². The zero-order chi connectivity index (χ0) is 14.4. The van der Waals surface area contributed by atoms with Gasteiger partial charge in [-0.3, -0.25) is 4.79 Å². The number of halogens is 1. The standard InChI is InChI=1S/C15H21FO3/c1-5-12-11(7-8-13(18-4)14(12)16)9-10(3)15(17)19-6-2/h7-8,10H,5-6,9H2,1-4H3. The summed E-state index contributed by atoms with van der Waals surface area (Å²) in [5.41, 5.74) is 1.44. The third-order valence-electron chi connectivity index (χ3n) is 3.09. The van der Waals surface area contributed by atoms with Gasteiger partial charge in [-0.15, -0.1) is 0 Å². The summed E-state index contributed by atoms with van der Waals surface area (Å²) >= 11 is 0. The third-order valence-corrected chi connectivity index (χ3v) is 3.09. The van der Waals surface area contributed by atoms with Gasteiger partial charge in [0.2, 0.25) is 0 Å². The van der Waals surface area contributed by atoms with Crippen molar-refractivity contribution >= 4 is 5.97 Å². The Hall–Kier alpha value is -1.58. The van der Waals surface area contributed by atoms with Crippen LogP contribution in [0.15, 0.2) is 12.1 Å². The predicted octanol–water partition coefficient (Wildman–Crippen LogP) is 3.14. The largest absolute Gasteiger partial charge is 0.494 e. The molecule has 1 aromatic carbocycles. The van der Waals surface area contributed by atoms with Gasteiger partial charge in [0, 0.05) is 0 Å². The third kappa shape index (κ3) is 3.69.